The van der Waals surface area contributed by atoms with Gasteiger partial charge in [0.1, 0.15) is 5.82 Å². The van der Waals surface area contributed by atoms with Crippen LogP contribution in [-0.2, 0) is 18.5 Å². The molecule has 0 aliphatic carbocycles. The van der Waals surface area contributed by atoms with E-state index in [0.29, 0.717) is 12.6 Å². The van der Waals surface area contributed by atoms with Crippen LogP contribution < -0.4 is 11.1 Å². The summed E-state index contributed by atoms with van der Waals surface area (Å²) in [6.45, 7) is 7.17. The Morgan fingerprint density at radius 1 is 1.20 bits per heavy atom. The van der Waals surface area contributed by atoms with Gasteiger partial charge < -0.3 is 0 Å². The molecule has 1 fully saturated rings. The van der Waals surface area contributed by atoms with E-state index >= 15 is 0 Å². The number of nitrogens with zero attached hydrogens (tertiary/aromatic N) is 5. The third-order valence-electron chi connectivity index (χ3n) is 5.59. The molecule has 2 aliphatic heterocycles. The molecule has 7 nitrogen and oxygen atoms in total. The molecular formula is C18H23N5O2. The number of pyridine rings is 1. The summed E-state index contributed by atoms with van der Waals surface area (Å²) in [5.41, 5.74) is -0.241. The van der Waals surface area contributed by atoms with Crippen molar-refractivity contribution >= 4 is 0 Å². The highest BCUT2D eigenvalue weighted by Crippen LogP contribution is 2.40. The fourth-order valence-electron chi connectivity index (χ4n) is 4.08. The maximum atomic E-state index is 12.6. The van der Waals surface area contributed by atoms with Gasteiger partial charge in [0.2, 0.25) is 0 Å². The predicted molar refractivity (Wildman–Crippen MR) is 93.7 cm³/mol. The Morgan fingerprint density at radius 2 is 2.00 bits per heavy atom. The lowest BCUT2D eigenvalue weighted by Gasteiger charge is -2.25. The van der Waals surface area contributed by atoms with E-state index in [4.69, 9.17) is 0 Å². The van der Waals surface area contributed by atoms with Gasteiger partial charge in [-0.2, -0.15) is 5.10 Å². The third kappa shape index (κ3) is 2.63. The summed E-state index contributed by atoms with van der Waals surface area (Å²) < 4.78 is 2.92. The first kappa shape index (κ1) is 16.2. The number of aromatic nitrogens is 4. The van der Waals surface area contributed by atoms with Gasteiger partial charge in [0.05, 0.1) is 6.54 Å². The second-order valence-corrected chi connectivity index (χ2v) is 7.45. The molecule has 0 radical (unpaired) electrons. The Kier molecular flexibility index (Phi) is 3.83. The van der Waals surface area contributed by atoms with Crippen LogP contribution >= 0.6 is 0 Å². The van der Waals surface area contributed by atoms with Crippen molar-refractivity contribution in [3.8, 4) is 0 Å². The average molecular weight is 341 g/mol. The van der Waals surface area contributed by atoms with E-state index in [-0.39, 0.29) is 12.0 Å². The normalized spacial score (nSPS) is 22.8. The summed E-state index contributed by atoms with van der Waals surface area (Å²) >= 11 is 0. The minimum atomic E-state index is -0.552. The van der Waals surface area contributed by atoms with Gasteiger partial charge in [-0.1, -0.05) is 6.07 Å². The Balaban J connectivity index is 1.76. The minimum Gasteiger partial charge on any atom is -0.300 e. The highest BCUT2D eigenvalue weighted by atomic mass is 16.2. The highest BCUT2D eigenvalue weighted by Gasteiger charge is 2.47. The molecular weight excluding hydrogens is 318 g/mol. The van der Waals surface area contributed by atoms with E-state index in [0.717, 1.165) is 37.3 Å². The molecule has 4 rings (SSSR count). The Bertz CT molecular complexity index is 902. The second-order valence-electron chi connectivity index (χ2n) is 7.45. The Labute approximate surface area is 145 Å². The second kappa shape index (κ2) is 5.91. The highest BCUT2D eigenvalue weighted by molar-refractivity contribution is 5.18. The standard InChI is InChI=1S/C18H23N5O2/c1-13(2)21-8-5-18(12-21)6-9-22-15(24)16(25)23(20-17(18)22)11-14-4-3-7-19-10-14/h3-4,7,10,13H,5-6,8-9,11-12H2,1-2H3. The molecule has 0 saturated carbocycles. The van der Waals surface area contributed by atoms with Crippen molar-refractivity contribution in [1.82, 2.24) is 24.2 Å². The maximum absolute atomic E-state index is 12.6. The molecule has 7 heteroatoms. The summed E-state index contributed by atoms with van der Waals surface area (Å²) in [5.74, 6) is 0.782. The lowest BCUT2D eigenvalue weighted by molar-refractivity contribution is 0.253. The zero-order chi connectivity index (χ0) is 17.6. The molecule has 25 heavy (non-hydrogen) atoms. The van der Waals surface area contributed by atoms with Crippen LogP contribution in [0.1, 0.15) is 38.1 Å². The molecule has 0 aromatic carbocycles. The topological polar surface area (TPSA) is 73.0 Å². The van der Waals surface area contributed by atoms with Crippen LogP contribution in [0.25, 0.3) is 0 Å². The summed E-state index contributed by atoms with van der Waals surface area (Å²) in [4.78, 5) is 31.5. The number of fused-ring (bicyclic) bond motifs is 2. The van der Waals surface area contributed by atoms with Crippen molar-refractivity contribution < 1.29 is 0 Å². The number of likely N-dealkylation sites (tertiary alicyclic amines) is 1. The molecule has 0 N–H and O–H groups in total. The van der Waals surface area contributed by atoms with Crippen LogP contribution in [0.5, 0.6) is 0 Å². The molecule has 0 bridgehead atoms. The van der Waals surface area contributed by atoms with Gasteiger partial charge >= 0.3 is 11.1 Å². The van der Waals surface area contributed by atoms with Crippen LogP contribution in [0.4, 0.5) is 0 Å². The maximum Gasteiger partial charge on any atom is 0.332 e. The van der Waals surface area contributed by atoms with Crippen molar-refractivity contribution in [3.05, 3.63) is 56.6 Å². The van der Waals surface area contributed by atoms with E-state index in [9.17, 15) is 9.59 Å². The van der Waals surface area contributed by atoms with Gasteiger partial charge in [0.15, 0.2) is 0 Å². The predicted octanol–water partition coefficient (Wildman–Crippen LogP) is 0.604. The van der Waals surface area contributed by atoms with Crippen molar-refractivity contribution in [2.45, 2.75) is 51.2 Å². The van der Waals surface area contributed by atoms with Crippen LogP contribution in [0, 0.1) is 0 Å². The molecule has 0 amide bonds. The average Bonchev–Trinajstić information content (AvgIpc) is 3.19. The van der Waals surface area contributed by atoms with Crippen molar-refractivity contribution in [2.75, 3.05) is 13.1 Å². The van der Waals surface area contributed by atoms with E-state index in [2.05, 4.69) is 28.8 Å². The van der Waals surface area contributed by atoms with Gasteiger partial charge in [0, 0.05) is 36.9 Å². The van der Waals surface area contributed by atoms with Gasteiger partial charge in [0.25, 0.3) is 0 Å². The molecule has 1 saturated heterocycles. The molecule has 1 spiro atoms. The van der Waals surface area contributed by atoms with Crippen molar-refractivity contribution in [2.24, 2.45) is 0 Å². The van der Waals surface area contributed by atoms with Gasteiger partial charge in [-0.15, -0.1) is 0 Å². The van der Waals surface area contributed by atoms with E-state index in [1.165, 1.54) is 4.68 Å². The molecule has 2 aliphatic rings. The summed E-state index contributed by atoms with van der Waals surface area (Å²) in [6.07, 6.45) is 5.26. The van der Waals surface area contributed by atoms with E-state index < -0.39 is 11.1 Å². The molecule has 1 unspecified atom stereocenters. The zero-order valence-electron chi connectivity index (χ0n) is 14.7. The van der Waals surface area contributed by atoms with E-state index in [1.807, 2.05) is 12.1 Å². The minimum absolute atomic E-state index is 0.103. The first-order valence-electron chi connectivity index (χ1n) is 8.86. The molecule has 2 aromatic heterocycles. The fraction of sp³-hybridized carbons (Fsp3) is 0.556. The summed E-state index contributed by atoms with van der Waals surface area (Å²) in [5, 5.41) is 4.65. The molecule has 4 heterocycles. The SMILES string of the molecule is CC(C)N1CCC2(CCn3c2nn(Cc2cccnc2)c(=O)c3=O)C1. The van der Waals surface area contributed by atoms with Crippen LogP contribution in [-0.4, -0.2) is 43.4 Å². The van der Waals surface area contributed by atoms with Gasteiger partial charge in [-0.05, 0) is 44.9 Å². The molecule has 1 atom stereocenters. The van der Waals surface area contributed by atoms with Crippen molar-refractivity contribution in [1.29, 1.82) is 0 Å². The fourth-order valence-corrected chi connectivity index (χ4v) is 4.08. The lowest BCUT2D eigenvalue weighted by Crippen LogP contribution is -2.45. The van der Waals surface area contributed by atoms with Crippen molar-refractivity contribution in [3.63, 3.8) is 0 Å². The van der Waals surface area contributed by atoms with Gasteiger partial charge in [-0.25, -0.2) is 4.68 Å². The van der Waals surface area contributed by atoms with E-state index in [1.54, 1.807) is 17.0 Å². The monoisotopic (exact) mass is 341 g/mol. The molecule has 2 aromatic rings. The van der Waals surface area contributed by atoms with Crippen LogP contribution in [0.15, 0.2) is 34.1 Å². The largest absolute Gasteiger partial charge is 0.332 e. The molecule has 132 valence electrons. The smallest absolute Gasteiger partial charge is 0.300 e. The third-order valence-corrected chi connectivity index (χ3v) is 5.59. The Morgan fingerprint density at radius 3 is 2.68 bits per heavy atom. The van der Waals surface area contributed by atoms with Crippen LogP contribution in [0.3, 0.4) is 0 Å². The number of hydrogen-bond acceptors (Lipinski definition) is 5. The Hall–Kier alpha value is -2.28. The quantitative estimate of drug-likeness (QED) is 0.765. The summed E-state index contributed by atoms with van der Waals surface area (Å²) in [6, 6.07) is 4.18. The zero-order valence-corrected chi connectivity index (χ0v) is 14.7. The lowest BCUT2D eigenvalue weighted by atomic mass is 9.85. The first-order valence-corrected chi connectivity index (χ1v) is 8.86. The summed E-state index contributed by atoms with van der Waals surface area (Å²) in [7, 11) is 0. The van der Waals surface area contributed by atoms with Gasteiger partial charge in [-0.3, -0.25) is 24.0 Å². The van der Waals surface area contributed by atoms with Crippen LogP contribution in [0.2, 0.25) is 0 Å². The number of rotatable bonds is 3. The number of hydrogen-bond donors (Lipinski definition) is 0. The first-order chi connectivity index (χ1) is 12.0.